The van der Waals surface area contributed by atoms with E-state index in [2.05, 4.69) is 5.32 Å². The average Bonchev–Trinajstić information content (AvgIpc) is 2.62. The first-order valence-electron chi connectivity index (χ1n) is 8.69. The van der Waals surface area contributed by atoms with Crippen molar-refractivity contribution in [2.24, 2.45) is 0 Å². The summed E-state index contributed by atoms with van der Waals surface area (Å²) in [5, 5.41) is 3.56. The summed E-state index contributed by atoms with van der Waals surface area (Å²) in [6.45, 7) is 3.33. The van der Waals surface area contributed by atoms with Crippen molar-refractivity contribution in [2.75, 3.05) is 39.0 Å². The highest BCUT2D eigenvalue weighted by Gasteiger charge is 2.27. The van der Waals surface area contributed by atoms with Crippen LogP contribution in [0.4, 0.5) is 4.79 Å². The second-order valence-corrected chi connectivity index (χ2v) is 8.94. The van der Waals surface area contributed by atoms with Gasteiger partial charge in [0.2, 0.25) is 10.0 Å². The minimum absolute atomic E-state index is 0.0119. The lowest BCUT2D eigenvalue weighted by molar-refractivity contribution is 0.186. The highest BCUT2D eigenvalue weighted by Crippen LogP contribution is 2.17. The molecule has 1 aromatic rings. The van der Waals surface area contributed by atoms with Gasteiger partial charge in [0.1, 0.15) is 12.4 Å². The van der Waals surface area contributed by atoms with Crippen LogP contribution < -0.4 is 10.1 Å². The van der Waals surface area contributed by atoms with Gasteiger partial charge in [0.15, 0.2) is 0 Å². The zero-order valence-corrected chi connectivity index (χ0v) is 16.7. The van der Waals surface area contributed by atoms with Crippen molar-refractivity contribution < 1.29 is 17.9 Å². The van der Waals surface area contributed by atoms with Crippen LogP contribution in [0.2, 0.25) is 5.02 Å². The van der Waals surface area contributed by atoms with E-state index in [1.165, 1.54) is 4.31 Å². The van der Waals surface area contributed by atoms with E-state index in [1.54, 1.807) is 37.1 Å². The number of urea groups is 1. The molecule has 0 atom stereocenters. The molecule has 1 aromatic carbocycles. The zero-order valence-electron chi connectivity index (χ0n) is 15.2. The van der Waals surface area contributed by atoms with Crippen LogP contribution in [-0.4, -0.2) is 68.7 Å². The topological polar surface area (TPSA) is 79.0 Å². The number of nitrogens with one attached hydrogen (secondary N) is 1. The molecule has 0 spiro atoms. The Labute approximate surface area is 160 Å². The lowest BCUT2D eigenvalue weighted by Crippen LogP contribution is -2.50. The largest absolute Gasteiger partial charge is 0.492 e. The number of hydrogen-bond acceptors (Lipinski definition) is 4. The number of amides is 2. The molecule has 0 radical (unpaired) electrons. The molecule has 1 saturated heterocycles. The summed E-state index contributed by atoms with van der Waals surface area (Å²) < 4.78 is 30.8. The predicted molar refractivity (Wildman–Crippen MR) is 102 cm³/mol. The lowest BCUT2D eigenvalue weighted by Gasteiger charge is -2.32. The smallest absolute Gasteiger partial charge is 0.317 e. The van der Waals surface area contributed by atoms with Gasteiger partial charge in [-0.25, -0.2) is 17.5 Å². The van der Waals surface area contributed by atoms with Gasteiger partial charge in [-0.05, 0) is 38.0 Å². The van der Waals surface area contributed by atoms with Crippen LogP contribution in [0.3, 0.4) is 0 Å². The van der Waals surface area contributed by atoms with Gasteiger partial charge < -0.3 is 15.0 Å². The fourth-order valence-electron chi connectivity index (χ4n) is 2.70. The van der Waals surface area contributed by atoms with Crippen LogP contribution in [0.5, 0.6) is 5.75 Å². The highest BCUT2D eigenvalue weighted by molar-refractivity contribution is 7.89. The van der Waals surface area contributed by atoms with E-state index in [4.69, 9.17) is 16.3 Å². The molecule has 146 valence electrons. The Bertz CT molecular complexity index is 706. The van der Waals surface area contributed by atoms with E-state index in [0.717, 1.165) is 0 Å². The number of nitrogens with zero attached hydrogens (tertiary/aromatic N) is 2. The van der Waals surface area contributed by atoms with Crippen LogP contribution in [0, 0.1) is 0 Å². The van der Waals surface area contributed by atoms with Crippen LogP contribution in [0.1, 0.15) is 19.8 Å². The Morgan fingerprint density at radius 1 is 1.38 bits per heavy atom. The van der Waals surface area contributed by atoms with Gasteiger partial charge in [-0.2, -0.15) is 0 Å². The van der Waals surface area contributed by atoms with Crippen LogP contribution >= 0.6 is 11.6 Å². The summed E-state index contributed by atoms with van der Waals surface area (Å²) >= 11 is 5.90. The quantitative estimate of drug-likeness (QED) is 0.756. The molecule has 0 aliphatic carbocycles. The second-order valence-electron chi connectivity index (χ2n) is 6.25. The van der Waals surface area contributed by atoms with Gasteiger partial charge in [-0.3, -0.25) is 0 Å². The molecule has 2 rings (SSSR count). The van der Waals surface area contributed by atoms with Gasteiger partial charge in [-0.15, -0.1) is 0 Å². The fourth-order valence-corrected chi connectivity index (χ4v) is 4.02. The van der Waals surface area contributed by atoms with Crippen molar-refractivity contribution in [1.82, 2.24) is 14.5 Å². The molecule has 0 unspecified atom stereocenters. The summed E-state index contributed by atoms with van der Waals surface area (Å²) in [4.78, 5) is 13.8. The molecule has 9 heteroatoms. The van der Waals surface area contributed by atoms with Crippen LogP contribution in [0.25, 0.3) is 0 Å². The Balaban J connectivity index is 1.71. The van der Waals surface area contributed by atoms with E-state index >= 15 is 0 Å². The number of rotatable bonds is 7. The maximum Gasteiger partial charge on any atom is 0.317 e. The number of piperidine rings is 1. The highest BCUT2D eigenvalue weighted by atomic mass is 35.5. The standard InChI is InChI=1S/C17H26ClN3O4S/c1-3-26(23,24)21-9-7-15(8-10-21)19-17(22)20(2)11-12-25-16-6-4-5-14(18)13-16/h4-6,13,15H,3,7-12H2,1-2H3,(H,19,22). The molecule has 1 N–H and O–H groups in total. The molecule has 2 amide bonds. The van der Waals surface area contributed by atoms with Gasteiger partial charge in [0, 0.05) is 31.2 Å². The number of likely N-dealkylation sites (N-methyl/N-ethyl adjacent to an activating group) is 1. The molecule has 26 heavy (non-hydrogen) atoms. The number of ether oxygens (including phenoxy) is 1. The normalized spacial score (nSPS) is 16.3. The van der Waals surface area contributed by atoms with Crippen molar-refractivity contribution in [3.05, 3.63) is 29.3 Å². The summed E-state index contributed by atoms with van der Waals surface area (Å²) in [7, 11) is -1.44. The van der Waals surface area contributed by atoms with Crippen molar-refractivity contribution in [2.45, 2.75) is 25.8 Å². The Kier molecular flexibility index (Phi) is 7.55. The fraction of sp³-hybridized carbons (Fsp3) is 0.588. The van der Waals surface area contributed by atoms with Gasteiger partial charge in [0.05, 0.1) is 12.3 Å². The third kappa shape index (κ3) is 6.03. The molecule has 0 aromatic heterocycles. The Hall–Kier alpha value is -1.51. The number of carbonyl (C=O) groups is 1. The molecule has 0 saturated carbocycles. The Morgan fingerprint density at radius 2 is 2.08 bits per heavy atom. The summed E-state index contributed by atoms with van der Waals surface area (Å²) in [6.07, 6.45) is 1.25. The molecular weight excluding hydrogens is 378 g/mol. The maximum absolute atomic E-state index is 12.2. The minimum Gasteiger partial charge on any atom is -0.492 e. The van der Waals surface area contributed by atoms with Crippen LogP contribution in [0.15, 0.2) is 24.3 Å². The molecule has 1 aliphatic rings. The van der Waals surface area contributed by atoms with E-state index in [1.807, 2.05) is 6.07 Å². The first-order valence-corrected chi connectivity index (χ1v) is 10.7. The van der Waals surface area contributed by atoms with Gasteiger partial charge >= 0.3 is 6.03 Å². The average molecular weight is 404 g/mol. The van der Waals surface area contributed by atoms with Crippen molar-refractivity contribution in [3.63, 3.8) is 0 Å². The molecule has 1 fully saturated rings. The number of halogens is 1. The predicted octanol–water partition coefficient (Wildman–Crippen LogP) is 2.17. The van der Waals surface area contributed by atoms with Crippen LogP contribution in [-0.2, 0) is 10.0 Å². The monoisotopic (exact) mass is 403 g/mol. The number of carbonyl (C=O) groups excluding carboxylic acids is 1. The van der Waals surface area contributed by atoms with E-state index in [0.29, 0.717) is 49.9 Å². The third-order valence-electron chi connectivity index (χ3n) is 4.38. The molecular formula is C17H26ClN3O4S. The lowest BCUT2D eigenvalue weighted by atomic mass is 10.1. The van der Waals surface area contributed by atoms with Crippen molar-refractivity contribution >= 4 is 27.7 Å². The summed E-state index contributed by atoms with van der Waals surface area (Å²) in [6, 6.07) is 6.91. The van der Waals surface area contributed by atoms with Crippen molar-refractivity contribution in [3.8, 4) is 5.75 Å². The van der Waals surface area contributed by atoms with Gasteiger partial charge in [-0.1, -0.05) is 17.7 Å². The number of sulfonamides is 1. The van der Waals surface area contributed by atoms with E-state index in [-0.39, 0.29) is 17.8 Å². The maximum atomic E-state index is 12.2. The van der Waals surface area contributed by atoms with Gasteiger partial charge in [0.25, 0.3) is 0 Å². The summed E-state index contributed by atoms with van der Waals surface area (Å²) in [5.41, 5.74) is 0. The Morgan fingerprint density at radius 3 is 2.69 bits per heavy atom. The van der Waals surface area contributed by atoms with E-state index in [9.17, 15) is 13.2 Å². The molecule has 1 heterocycles. The summed E-state index contributed by atoms with van der Waals surface area (Å²) in [5.74, 6) is 0.773. The van der Waals surface area contributed by atoms with E-state index < -0.39 is 10.0 Å². The first kappa shape index (κ1) is 20.8. The second kappa shape index (κ2) is 9.43. The first-order chi connectivity index (χ1) is 12.3. The molecule has 1 aliphatic heterocycles. The van der Waals surface area contributed by atoms with Crippen molar-refractivity contribution in [1.29, 1.82) is 0 Å². The molecule has 7 nitrogen and oxygen atoms in total. The third-order valence-corrected chi connectivity index (χ3v) is 6.49. The number of hydrogen-bond donors (Lipinski definition) is 1. The molecule has 0 bridgehead atoms. The minimum atomic E-state index is -3.15. The number of benzene rings is 1. The zero-order chi connectivity index (χ0) is 19.2. The SMILES string of the molecule is CCS(=O)(=O)N1CCC(NC(=O)N(C)CCOc2cccc(Cl)c2)CC1.